The first kappa shape index (κ1) is 15.0. The highest BCUT2D eigenvalue weighted by molar-refractivity contribution is 5.76. The van der Waals surface area contributed by atoms with Gasteiger partial charge in [0.15, 0.2) is 0 Å². The van der Waals surface area contributed by atoms with Gasteiger partial charge in [-0.2, -0.15) is 0 Å². The molecule has 3 heterocycles. The fourth-order valence-electron chi connectivity index (χ4n) is 4.15. The second-order valence-electron chi connectivity index (χ2n) is 6.47. The fourth-order valence-corrected chi connectivity index (χ4v) is 4.15. The summed E-state index contributed by atoms with van der Waals surface area (Å²) < 4.78 is 23.2. The first-order valence-electron chi connectivity index (χ1n) is 7.98. The van der Waals surface area contributed by atoms with E-state index >= 15 is 0 Å². The van der Waals surface area contributed by atoms with E-state index < -0.39 is 0 Å². The molecule has 3 saturated heterocycles. The van der Waals surface area contributed by atoms with Crippen LogP contribution in [-0.2, 0) is 9.47 Å². The van der Waals surface area contributed by atoms with Crippen LogP contribution in [0.15, 0.2) is 0 Å². The number of alkyl halides is 1. The summed E-state index contributed by atoms with van der Waals surface area (Å²) in [7, 11) is 1.64. The third-order valence-electron chi connectivity index (χ3n) is 5.22. The molecule has 3 fully saturated rings. The summed E-state index contributed by atoms with van der Waals surface area (Å²) in [5.74, 6) is 0.443. The van der Waals surface area contributed by atoms with Crippen LogP contribution in [0.4, 0.5) is 9.18 Å². The number of nitrogens with one attached hydrogen (secondary N) is 1. The first-order valence-corrected chi connectivity index (χ1v) is 7.98. The number of nitrogens with zero attached hydrogens (tertiary/aromatic N) is 1. The lowest BCUT2D eigenvalue weighted by Crippen LogP contribution is -2.55. The van der Waals surface area contributed by atoms with Crippen molar-refractivity contribution in [1.29, 1.82) is 0 Å². The average Bonchev–Trinajstić information content (AvgIpc) is 3.02. The summed E-state index contributed by atoms with van der Waals surface area (Å²) >= 11 is 0. The molecule has 3 aliphatic rings. The molecule has 21 heavy (non-hydrogen) atoms. The molecule has 2 unspecified atom stereocenters. The number of carbonyl (C=O) groups excluding carboxylic acids is 1. The van der Waals surface area contributed by atoms with Crippen LogP contribution in [0.5, 0.6) is 0 Å². The van der Waals surface area contributed by atoms with Gasteiger partial charge in [0.2, 0.25) is 0 Å². The Kier molecular flexibility index (Phi) is 4.64. The van der Waals surface area contributed by atoms with Crippen molar-refractivity contribution < 1.29 is 18.7 Å². The van der Waals surface area contributed by atoms with Crippen LogP contribution in [0.1, 0.15) is 32.1 Å². The second-order valence-corrected chi connectivity index (χ2v) is 6.47. The summed E-state index contributed by atoms with van der Waals surface area (Å²) in [6.45, 7) is 0.802. The zero-order valence-electron chi connectivity index (χ0n) is 12.6. The number of ether oxygens (including phenoxy) is 2. The largest absolute Gasteiger partial charge is 0.377 e. The molecular formula is C15H25FN2O3. The van der Waals surface area contributed by atoms with Crippen molar-refractivity contribution in [3.8, 4) is 0 Å². The van der Waals surface area contributed by atoms with Gasteiger partial charge >= 0.3 is 6.03 Å². The second kappa shape index (κ2) is 6.48. The van der Waals surface area contributed by atoms with Crippen molar-refractivity contribution in [2.75, 3.05) is 27.0 Å². The number of hydrogen-bond donors (Lipinski definition) is 1. The van der Waals surface area contributed by atoms with Gasteiger partial charge in [0, 0.05) is 19.2 Å². The minimum atomic E-state index is -0.245. The predicted molar refractivity (Wildman–Crippen MR) is 75.9 cm³/mol. The molecule has 0 aromatic rings. The van der Waals surface area contributed by atoms with Crippen LogP contribution in [0.2, 0.25) is 0 Å². The van der Waals surface area contributed by atoms with Crippen LogP contribution >= 0.6 is 0 Å². The molecule has 0 aliphatic carbocycles. The maximum atomic E-state index is 12.6. The van der Waals surface area contributed by atoms with Crippen molar-refractivity contribution in [3.05, 3.63) is 0 Å². The molecule has 0 spiro atoms. The van der Waals surface area contributed by atoms with Crippen LogP contribution in [0, 0.1) is 5.92 Å². The van der Waals surface area contributed by atoms with E-state index in [1.165, 1.54) is 0 Å². The highest BCUT2D eigenvalue weighted by atomic mass is 19.1. The van der Waals surface area contributed by atoms with Crippen molar-refractivity contribution >= 4 is 6.03 Å². The van der Waals surface area contributed by atoms with Crippen molar-refractivity contribution in [2.24, 2.45) is 5.92 Å². The molecule has 2 bridgehead atoms. The Morgan fingerprint density at radius 2 is 2.05 bits per heavy atom. The van der Waals surface area contributed by atoms with E-state index in [-0.39, 0.29) is 36.9 Å². The average molecular weight is 300 g/mol. The van der Waals surface area contributed by atoms with Gasteiger partial charge in [-0.1, -0.05) is 0 Å². The standard InChI is InChI=1S/C15H25FN2O3/c1-20-14-9-21-8-13(14)17-15(19)18-11-2-3-12(18)7-10(6-11)4-5-16/h10-14H,2-9H2,1H3,(H,17,19)/t10?,11?,12?,13-,14+/m0/s1. The normalized spacial score (nSPS) is 38.8. The number of piperidine rings is 1. The van der Waals surface area contributed by atoms with Gasteiger partial charge in [0.05, 0.1) is 25.9 Å². The molecule has 0 radical (unpaired) electrons. The number of rotatable bonds is 4. The van der Waals surface area contributed by atoms with Crippen LogP contribution in [0.25, 0.3) is 0 Å². The number of urea groups is 1. The SMILES string of the molecule is CO[C@@H]1COC[C@@H]1NC(=O)N1C2CCC1CC(CCF)C2. The summed E-state index contributed by atoms with van der Waals surface area (Å²) in [6.07, 6.45) is 4.58. The highest BCUT2D eigenvalue weighted by Gasteiger charge is 2.44. The maximum absolute atomic E-state index is 12.6. The fraction of sp³-hybridized carbons (Fsp3) is 0.933. The Labute approximate surface area is 125 Å². The number of carbonyl (C=O) groups is 1. The van der Waals surface area contributed by atoms with Gasteiger partial charge in [-0.3, -0.25) is 4.39 Å². The Morgan fingerprint density at radius 3 is 2.67 bits per heavy atom. The van der Waals surface area contributed by atoms with Gasteiger partial charge < -0.3 is 19.7 Å². The lowest BCUT2D eigenvalue weighted by molar-refractivity contribution is 0.0704. The number of methoxy groups -OCH3 is 1. The van der Waals surface area contributed by atoms with Gasteiger partial charge in [0.25, 0.3) is 0 Å². The van der Waals surface area contributed by atoms with Gasteiger partial charge in [-0.15, -0.1) is 0 Å². The van der Waals surface area contributed by atoms with Crippen LogP contribution in [-0.4, -0.2) is 62.2 Å². The number of halogens is 1. The summed E-state index contributed by atoms with van der Waals surface area (Å²) in [4.78, 5) is 14.6. The molecule has 3 rings (SSSR count). The minimum absolute atomic E-state index is 0.00116. The number of amides is 2. The number of hydrogen-bond acceptors (Lipinski definition) is 3. The molecular weight excluding hydrogens is 275 g/mol. The topological polar surface area (TPSA) is 50.8 Å². The van der Waals surface area contributed by atoms with E-state index in [2.05, 4.69) is 5.32 Å². The molecule has 3 aliphatic heterocycles. The molecule has 4 atom stereocenters. The summed E-state index contributed by atoms with van der Waals surface area (Å²) in [5, 5.41) is 3.06. The first-order chi connectivity index (χ1) is 10.2. The van der Waals surface area contributed by atoms with E-state index in [9.17, 15) is 9.18 Å². The lowest BCUT2D eigenvalue weighted by Gasteiger charge is -2.39. The quantitative estimate of drug-likeness (QED) is 0.860. The molecule has 0 aromatic heterocycles. The van der Waals surface area contributed by atoms with Crippen LogP contribution < -0.4 is 5.32 Å². The lowest BCUT2D eigenvalue weighted by atomic mass is 9.89. The van der Waals surface area contributed by atoms with E-state index in [1.807, 2.05) is 4.90 Å². The molecule has 1 N–H and O–H groups in total. The predicted octanol–water partition coefficient (Wildman–Crippen LogP) is 1.71. The summed E-state index contributed by atoms with van der Waals surface area (Å²) in [6, 6.07) is 0.497. The molecule has 0 aromatic carbocycles. The Bertz CT molecular complexity index is 368. The van der Waals surface area contributed by atoms with E-state index in [1.54, 1.807) is 7.11 Å². The molecule has 2 amide bonds. The Hall–Kier alpha value is -0.880. The van der Waals surface area contributed by atoms with E-state index in [0.29, 0.717) is 25.6 Å². The Morgan fingerprint density at radius 1 is 1.33 bits per heavy atom. The molecule has 5 nitrogen and oxygen atoms in total. The smallest absolute Gasteiger partial charge is 0.318 e. The van der Waals surface area contributed by atoms with Crippen molar-refractivity contribution in [3.63, 3.8) is 0 Å². The molecule has 120 valence electrons. The maximum Gasteiger partial charge on any atom is 0.318 e. The summed E-state index contributed by atoms with van der Waals surface area (Å²) in [5.41, 5.74) is 0. The van der Waals surface area contributed by atoms with Crippen molar-refractivity contribution in [1.82, 2.24) is 10.2 Å². The van der Waals surface area contributed by atoms with Gasteiger partial charge in [-0.05, 0) is 38.0 Å². The third kappa shape index (κ3) is 3.01. The van der Waals surface area contributed by atoms with Crippen molar-refractivity contribution in [2.45, 2.75) is 56.3 Å². The minimum Gasteiger partial charge on any atom is -0.377 e. The Balaban J connectivity index is 1.58. The monoisotopic (exact) mass is 300 g/mol. The highest BCUT2D eigenvalue weighted by Crippen LogP contribution is 2.39. The van der Waals surface area contributed by atoms with Gasteiger partial charge in [-0.25, -0.2) is 4.79 Å². The third-order valence-corrected chi connectivity index (χ3v) is 5.22. The van der Waals surface area contributed by atoms with Crippen LogP contribution in [0.3, 0.4) is 0 Å². The zero-order chi connectivity index (χ0) is 14.8. The zero-order valence-corrected chi connectivity index (χ0v) is 12.6. The van der Waals surface area contributed by atoms with Gasteiger partial charge in [0.1, 0.15) is 6.10 Å². The molecule has 6 heteroatoms. The van der Waals surface area contributed by atoms with E-state index in [0.717, 1.165) is 25.7 Å². The molecule has 0 saturated carbocycles. The number of fused-ring (bicyclic) bond motifs is 2. The van der Waals surface area contributed by atoms with E-state index in [4.69, 9.17) is 9.47 Å².